The molecule has 0 aliphatic carbocycles. The van der Waals surface area contributed by atoms with Gasteiger partial charge in [0.25, 0.3) is 11.8 Å². The van der Waals surface area contributed by atoms with Crippen LogP contribution in [-0.2, 0) is 9.59 Å². The Kier molecular flexibility index (Phi) is 3.69. The molecule has 0 unspecified atom stereocenters. The number of carbonyl (C=O) groups is 2. The van der Waals surface area contributed by atoms with Crippen LogP contribution in [0.1, 0.15) is 6.92 Å². The van der Waals surface area contributed by atoms with Gasteiger partial charge in [0.05, 0.1) is 10.6 Å². The highest BCUT2D eigenvalue weighted by Gasteiger charge is 2.37. The molecular weight excluding hydrogens is 302 g/mol. The third-order valence-electron chi connectivity index (χ3n) is 2.29. The molecule has 1 aromatic carbocycles. The Morgan fingerprint density at radius 2 is 1.82 bits per heavy atom. The van der Waals surface area contributed by atoms with Crippen LogP contribution in [0, 0.1) is 0 Å². The molecule has 0 atom stereocenters. The number of imide groups is 1. The van der Waals surface area contributed by atoms with Crippen LogP contribution in [0.5, 0.6) is 0 Å². The highest BCUT2D eigenvalue weighted by atomic mass is 79.9. The van der Waals surface area contributed by atoms with Crippen molar-refractivity contribution in [2.24, 2.45) is 0 Å². The third-order valence-corrected chi connectivity index (χ3v) is 4.24. The number of nitrogens with zero attached hydrogens (tertiary/aromatic N) is 1. The van der Waals surface area contributed by atoms with Crippen molar-refractivity contribution in [2.45, 2.75) is 6.92 Å². The van der Waals surface area contributed by atoms with Gasteiger partial charge < -0.3 is 0 Å². The zero-order valence-corrected chi connectivity index (χ0v) is 11.5. The molecule has 1 aliphatic rings. The van der Waals surface area contributed by atoms with E-state index < -0.39 is 0 Å². The van der Waals surface area contributed by atoms with Gasteiger partial charge in [-0.25, -0.2) is 4.90 Å². The molecule has 1 aliphatic heterocycles. The van der Waals surface area contributed by atoms with E-state index in [2.05, 4.69) is 15.9 Å². The summed E-state index contributed by atoms with van der Waals surface area (Å²) in [5.74, 6) is 0.212. The van der Waals surface area contributed by atoms with Crippen molar-refractivity contribution in [3.05, 3.63) is 39.7 Å². The Labute approximate surface area is 112 Å². The topological polar surface area (TPSA) is 37.4 Å². The average Bonchev–Trinajstić information content (AvgIpc) is 2.55. The summed E-state index contributed by atoms with van der Waals surface area (Å²) in [5.41, 5.74) is 0.603. The Hall–Kier alpha value is -1.07. The van der Waals surface area contributed by atoms with E-state index >= 15 is 0 Å². The van der Waals surface area contributed by atoms with Crippen molar-refractivity contribution in [3.8, 4) is 0 Å². The lowest BCUT2D eigenvalue weighted by atomic mass is 10.3. The molecular formula is C12H10BrNO2S. The van der Waals surface area contributed by atoms with Gasteiger partial charge in [0.2, 0.25) is 0 Å². The molecule has 2 rings (SSSR count). The summed E-state index contributed by atoms with van der Waals surface area (Å²) in [5, 5.41) is 0. The smallest absolute Gasteiger partial charge is 0.268 e. The van der Waals surface area contributed by atoms with Crippen LogP contribution >= 0.6 is 27.7 Å². The van der Waals surface area contributed by atoms with Gasteiger partial charge in [-0.1, -0.05) is 25.1 Å². The van der Waals surface area contributed by atoms with Crippen molar-refractivity contribution >= 4 is 45.2 Å². The summed E-state index contributed by atoms with van der Waals surface area (Å²) in [6, 6.07) is 8.94. The fourth-order valence-corrected chi connectivity index (χ4v) is 2.97. The van der Waals surface area contributed by atoms with E-state index in [9.17, 15) is 9.59 Å². The molecule has 17 heavy (non-hydrogen) atoms. The van der Waals surface area contributed by atoms with Gasteiger partial charge >= 0.3 is 0 Å². The fourth-order valence-electron chi connectivity index (χ4n) is 1.56. The minimum atomic E-state index is -0.294. The zero-order valence-electron chi connectivity index (χ0n) is 9.14. The van der Waals surface area contributed by atoms with Crippen molar-refractivity contribution in [2.75, 3.05) is 10.7 Å². The summed E-state index contributed by atoms with van der Waals surface area (Å²) in [6.07, 6.45) is 0. The van der Waals surface area contributed by atoms with E-state index in [1.165, 1.54) is 16.7 Å². The van der Waals surface area contributed by atoms with E-state index in [0.717, 1.165) is 5.75 Å². The zero-order chi connectivity index (χ0) is 12.4. The van der Waals surface area contributed by atoms with E-state index in [1.54, 1.807) is 24.3 Å². The fraction of sp³-hybridized carbons (Fsp3) is 0.167. The van der Waals surface area contributed by atoms with Crippen LogP contribution < -0.4 is 4.90 Å². The highest BCUT2D eigenvalue weighted by molar-refractivity contribution is 9.12. The number of hydrogen-bond donors (Lipinski definition) is 0. The van der Waals surface area contributed by atoms with Crippen molar-refractivity contribution in [1.29, 1.82) is 0 Å². The molecule has 3 nitrogen and oxygen atoms in total. The molecule has 0 saturated carbocycles. The van der Waals surface area contributed by atoms with Crippen molar-refractivity contribution in [3.63, 3.8) is 0 Å². The van der Waals surface area contributed by atoms with Gasteiger partial charge in [0, 0.05) is 0 Å². The van der Waals surface area contributed by atoms with Crippen LogP contribution in [0.4, 0.5) is 5.69 Å². The number of benzene rings is 1. The van der Waals surface area contributed by atoms with E-state index in [0.29, 0.717) is 15.1 Å². The average molecular weight is 312 g/mol. The molecule has 0 fully saturated rings. The second-order valence-electron chi connectivity index (χ2n) is 3.36. The Morgan fingerprint density at radius 3 is 2.41 bits per heavy atom. The molecule has 0 aromatic heterocycles. The summed E-state index contributed by atoms with van der Waals surface area (Å²) in [4.78, 5) is 25.8. The van der Waals surface area contributed by atoms with Gasteiger partial charge in [-0.3, -0.25) is 9.59 Å². The van der Waals surface area contributed by atoms with Crippen molar-refractivity contribution < 1.29 is 9.59 Å². The number of anilines is 1. The molecule has 0 saturated heterocycles. The van der Waals surface area contributed by atoms with Crippen LogP contribution in [0.25, 0.3) is 0 Å². The molecule has 0 spiro atoms. The maximum atomic E-state index is 12.1. The maximum absolute atomic E-state index is 12.1. The minimum Gasteiger partial charge on any atom is -0.268 e. The minimum absolute atomic E-state index is 0.250. The molecule has 88 valence electrons. The predicted octanol–water partition coefficient (Wildman–Crippen LogP) is 2.92. The first kappa shape index (κ1) is 12.4. The van der Waals surface area contributed by atoms with Gasteiger partial charge in [-0.05, 0) is 33.8 Å². The normalized spacial score (nSPS) is 16.0. The molecule has 2 amide bonds. The monoisotopic (exact) mass is 311 g/mol. The van der Waals surface area contributed by atoms with Gasteiger partial charge in [0.15, 0.2) is 0 Å². The number of thioether (sulfide) groups is 1. The molecule has 0 N–H and O–H groups in total. The number of rotatable bonds is 3. The standard InChI is InChI=1S/C12H10BrNO2S/c1-2-17-10-9(13)11(15)14(12(10)16)8-6-4-3-5-7-8/h3-7H,2H2,1H3. The molecule has 5 heteroatoms. The first-order valence-corrected chi connectivity index (χ1v) is 6.91. The lowest BCUT2D eigenvalue weighted by Gasteiger charge is -2.14. The van der Waals surface area contributed by atoms with E-state index in [4.69, 9.17) is 0 Å². The number of carbonyl (C=O) groups excluding carboxylic acids is 2. The maximum Gasteiger partial charge on any atom is 0.273 e. The first-order valence-electron chi connectivity index (χ1n) is 5.13. The number of amides is 2. The predicted molar refractivity (Wildman–Crippen MR) is 73.0 cm³/mol. The molecule has 0 bridgehead atoms. The second-order valence-corrected chi connectivity index (χ2v) is 5.42. The van der Waals surface area contributed by atoms with Crippen molar-refractivity contribution in [1.82, 2.24) is 0 Å². The largest absolute Gasteiger partial charge is 0.273 e. The lowest BCUT2D eigenvalue weighted by molar-refractivity contribution is -0.120. The molecule has 0 radical (unpaired) electrons. The molecule has 1 heterocycles. The number of hydrogen-bond acceptors (Lipinski definition) is 3. The lowest BCUT2D eigenvalue weighted by Crippen LogP contribution is -2.30. The van der Waals surface area contributed by atoms with Gasteiger partial charge in [-0.2, -0.15) is 0 Å². The second kappa shape index (κ2) is 5.06. The first-order chi connectivity index (χ1) is 8.16. The highest BCUT2D eigenvalue weighted by Crippen LogP contribution is 2.35. The van der Waals surface area contributed by atoms with E-state index in [1.807, 2.05) is 13.0 Å². The van der Waals surface area contributed by atoms with Gasteiger partial charge in [0.1, 0.15) is 4.48 Å². The molecule has 1 aromatic rings. The van der Waals surface area contributed by atoms with Crippen LogP contribution in [0.3, 0.4) is 0 Å². The number of para-hydroxylation sites is 1. The summed E-state index contributed by atoms with van der Waals surface area (Å²) >= 11 is 4.57. The summed E-state index contributed by atoms with van der Waals surface area (Å²) in [6.45, 7) is 1.95. The summed E-state index contributed by atoms with van der Waals surface area (Å²) in [7, 11) is 0. The summed E-state index contributed by atoms with van der Waals surface area (Å²) < 4.78 is 0.359. The van der Waals surface area contributed by atoms with Crippen LogP contribution in [0.2, 0.25) is 0 Å². The number of halogens is 1. The van der Waals surface area contributed by atoms with E-state index in [-0.39, 0.29) is 11.8 Å². The Morgan fingerprint density at radius 1 is 1.18 bits per heavy atom. The van der Waals surface area contributed by atoms with Crippen LogP contribution in [0.15, 0.2) is 39.7 Å². The van der Waals surface area contributed by atoms with Crippen LogP contribution in [-0.4, -0.2) is 17.6 Å². The third kappa shape index (κ3) is 2.17. The van der Waals surface area contributed by atoms with Gasteiger partial charge in [-0.15, -0.1) is 11.8 Å². The quantitative estimate of drug-likeness (QED) is 0.805. The SMILES string of the molecule is CCSC1=C(Br)C(=O)N(c2ccccc2)C1=O. The Bertz CT molecular complexity index is 498. The Balaban J connectivity index is 2.37.